The van der Waals surface area contributed by atoms with E-state index in [9.17, 15) is 0 Å². The predicted molar refractivity (Wildman–Crippen MR) is 84.4 cm³/mol. The molecule has 0 radical (unpaired) electrons. The first-order valence-electron chi connectivity index (χ1n) is 7.04. The lowest BCUT2D eigenvalue weighted by Crippen LogP contribution is -2.31. The van der Waals surface area contributed by atoms with Crippen molar-refractivity contribution in [2.24, 2.45) is 0 Å². The molecule has 2 aromatic rings. The molecule has 3 heteroatoms. The van der Waals surface area contributed by atoms with E-state index in [2.05, 4.69) is 36.2 Å². The number of rotatable bonds is 3. The molecule has 0 fully saturated rings. The maximum atomic E-state index is 5.86. The van der Waals surface area contributed by atoms with Crippen LogP contribution in [0.5, 0.6) is 0 Å². The number of nitrogens with zero attached hydrogens (tertiary/aromatic N) is 1. The molecule has 1 aliphatic rings. The molecule has 0 aromatic heterocycles. The summed E-state index contributed by atoms with van der Waals surface area (Å²) in [6, 6.07) is 15.0. The molecule has 1 aliphatic carbocycles. The number of anilines is 2. The van der Waals surface area contributed by atoms with E-state index in [0.717, 1.165) is 30.8 Å². The molecule has 3 nitrogen and oxygen atoms in total. The molecule has 0 spiro atoms. The Hall–Kier alpha value is -2.00. The summed E-state index contributed by atoms with van der Waals surface area (Å²) < 4.78 is 0. The van der Waals surface area contributed by atoms with E-state index < -0.39 is 0 Å². The number of hydrogen-bond acceptors (Lipinski definition) is 3. The minimum absolute atomic E-state index is 0.560. The Kier molecular flexibility index (Phi) is 3.36. The summed E-state index contributed by atoms with van der Waals surface area (Å²) in [7, 11) is 2.19. The smallest absolute Gasteiger partial charge is 0.0316 e. The lowest BCUT2D eigenvalue weighted by Gasteiger charge is -2.24. The van der Waals surface area contributed by atoms with Crippen molar-refractivity contribution in [2.75, 3.05) is 18.5 Å². The molecular weight excluding hydrogens is 246 g/mol. The van der Waals surface area contributed by atoms with Crippen molar-refractivity contribution < 1.29 is 0 Å². The van der Waals surface area contributed by atoms with Gasteiger partial charge in [0.15, 0.2) is 0 Å². The van der Waals surface area contributed by atoms with E-state index >= 15 is 0 Å². The van der Waals surface area contributed by atoms with Gasteiger partial charge >= 0.3 is 0 Å². The maximum absolute atomic E-state index is 5.86. The molecule has 4 N–H and O–H groups in total. The van der Waals surface area contributed by atoms with Crippen LogP contribution >= 0.6 is 0 Å². The normalized spacial score (nSPS) is 17.4. The Morgan fingerprint density at radius 2 is 1.60 bits per heavy atom. The number of likely N-dealkylation sites (N-methyl/N-ethyl adjacent to an activating group) is 1. The number of nitrogens with two attached hydrogens (primary N) is 2. The highest BCUT2D eigenvalue weighted by Crippen LogP contribution is 2.27. The van der Waals surface area contributed by atoms with E-state index in [1.165, 1.54) is 16.7 Å². The zero-order valence-electron chi connectivity index (χ0n) is 11.8. The zero-order chi connectivity index (χ0) is 14.1. The average Bonchev–Trinajstić information content (AvgIpc) is 2.84. The molecule has 0 heterocycles. The SMILES string of the molecule is CN(Cc1ccc(N)cc1)C1Cc2ccc(N)cc2C1. The second-order valence-corrected chi connectivity index (χ2v) is 5.75. The van der Waals surface area contributed by atoms with Crippen LogP contribution in [0.2, 0.25) is 0 Å². The van der Waals surface area contributed by atoms with Crippen LogP contribution in [0.1, 0.15) is 16.7 Å². The van der Waals surface area contributed by atoms with Gasteiger partial charge in [-0.25, -0.2) is 0 Å². The summed E-state index contributed by atoms with van der Waals surface area (Å²) in [6.45, 7) is 0.953. The quantitative estimate of drug-likeness (QED) is 0.840. The standard InChI is InChI=1S/C17H21N3/c1-20(11-12-2-5-15(18)6-3-12)17-9-13-4-7-16(19)8-14(13)10-17/h2-8,17H,9-11,18-19H2,1H3. The van der Waals surface area contributed by atoms with E-state index in [0.29, 0.717) is 6.04 Å². The van der Waals surface area contributed by atoms with Crippen molar-refractivity contribution in [3.63, 3.8) is 0 Å². The minimum Gasteiger partial charge on any atom is -0.399 e. The molecule has 0 aliphatic heterocycles. The highest BCUT2D eigenvalue weighted by Gasteiger charge is 2.24. The van der Waals surface area contributed by atoms with Crippen molar-refractivity contribution in [2.45, 2.75) is 25.4 Å². The van der Waals surface area contributed by atoms with Crippen molar-refractivity contribution >= 4 is 11.4 Å². The van der Waals surface area contributed by atoms with Gasteiger partial charge in [0.25, 0.3) is 0 Å². The number of hydrogen-bond donors (Lipinski definition) is 2. The molecule has 0 amide bonds. The number of fused-ring (bicyclic) bond motifs is 1. The molecule has 2 aromatic carbocycles. The Morgan fingerprint density at radius 1 is 0.950 bits per heavy atom. The van der Waals surface area contributed by atoms with Crippen LogP contribution in [0.4, 0.5) is 11.4 Å². The van der Waals surface area contributed by atoms with Gasteiger partial charge in [0.05, 0.1) is 0 Å². The number of benzene rings is 2. The molecule has 20 heavy (non-hydrogen) atoms. The second kappa shape index (κ2) is 5.17. The summed E-state index contributed by atoms with van der Waals surface area (Å²) >= 11 is 0. The van der Waals surface area contributed by atoms with Gasteiger partial charge in [-0.15, -0.1) is 0 Å². The lowest BCUT2D eigenvalue weighted by atomic mass is 10.1. The van der Waals surface area contributed by atoms with Crippen LogP contribution in [-0.4, -0.2) is 18.0 Å². The van der Waals surface area contributed by atoms with Crippen molar-refractivity contribution in [3.05, 3.63) is 59.2 Å². The van der Waals surface area contributed by atoms with Gasteiger partial charge in [-0.1, -0.05) is 18.2 Å². The first kappa shape index (κ1) is 13.0. The highest BCUT2D eigenvalue weighted by atomic mass is 15.1. The summed E-state index contributed by atoms with van der Waals surface area (Å²) in [5.41, 5.74) is 17.4. The summed E-state index contributed by atoms with van der Waals surface area (Å²) in [4.78, 5) is 2.42. The fraction of sp³-hybridized carbons (Fsp3) is 0.294. The van der Waals surface area contributed by atoms with E-state index in [4.69, 9.17) is 11.5 Å². The molecule has 1 atom stereocenters. The lowest BCUT2D eigenvalue weighted by molar-refractivity contribution is 0.241. The van der Waals surface area contributed by atoms with Crippen LogP contribution in [0, 0.1) is 0 Å². The van der Waals surface area contributed by atoms with Crippen LogP contribution in [0.15, 0.2) is 42.5 Å². The largest absolute Gasteiger partial charge is 0.399 e. The first-order valence-corrected chi connectivity index (χ1v) is 7.04. The molecule has 0 saturated carbocycles. The van der Waals surface area contributed by atoms with Crippen LogP contribution in [0.3, 0.4) is 0 Å². The Morgan fingerprint density at radius 3 is 2.35 bits per heavy atom. The summed E-state index contributed by atoms with van der Waals surface area (Å²) in [6.07, 6.45) is 2.20. The van der Waals surface area contributed by atoms with E-state index in [1.807, 2.05) is 18.2 Å². The monoisotopic (exact) mass is 267 g/mol. The molecule has 1 unspecified atom stereocenters. The van der Waals surface area contributed by atoms with E-state index in [-0.39, 0.29) is 0 Å². The molecule has 0 saturated heterocycles. The Labute approximate surface area is 120 Å². The minimum atomic E-state index is 0.560. The van der Waals surface area contributed by atoms with Crippen LogP contribution < -0.4 is 11.5 Å². The summed E-state index contributed by atoms with van der Waals surface area (Å²) in [5.74, 6) is 0. The van der Waals surface area contributed by atoms with Gasteiger partial charge in [-0.05, 0) is 60.8 Å². The third-order valence-electron chi connectivity index (χ3n) is 4.18. The third kappa shape index (κ3) is 2.63. The third-order valence-corrected chi connectivity index (χ3v) is 4.18. The Bertz CT molecular complexity index is 604. The predicted octanol–water partition coefficient (Wildman–Crippen LogP) is 2.45. The average molecular weight is 267 g/mol. The second-order valence-electron chi connectivity index (χ2n) is 5.75. The molecule has 3 rings (SSSR count). The van der Waals surface area contributed by atoms with Crippen molar-refractivity contribution in [1.82, 2.24) is 4.90 Å². The van der Waals surface area contributed by atoms with Gasteiger partial charge in [0, 0.05) is 24.0 Å². The van der Waals surface area contributed by atoms with Crippen molar-refractivity contribution in [3.8, 4) is 0 Å². The molecular formula is C17H21N3. The molecule has 0 bridgehead atoms. The summed E-state index contributed by atoms with van der Waals surface area (Å²) in [5, 5.41) is 0. The zero-order valence-corrected chi connectivity index (χ0v) is 11.8. The first-order chi connectivity index (χ1) is 9.61. The highest BCUT2D eigenvalue weighted by molar-refractivity contribution is 5.47. The van der Waals surface area contributed by atoms with E-state index in [1.54, 1.807) is 0 Å². The maximum Gasteiger partial charge on any atom is 0.0316 e. The van der Waals surface area contributed by atoms with Crippen molar-refractivity contribution in [1.29, 1.82) is 0 Å². The topological polar surface area (TPSA) is 55.3 Å². The van der Waals surface area contributed by atoms with Crippen LogP contribution in [0.25, 0.3) is 0 Å². The van der Waals surface area contributed by atoms with Gasteiger partial charge < -0.3 is 11.5 Å². The van der Waals surface area contributed by atoms with Gasteiger partial charge in [0.2, 0.25) is 0 Å². The van der Waals surface area contributed by atoms with Gasteiger partial charge in [0.1, 0.15) is 0 Å². The fourth-order valence-electron chi connectivity index (χ4n) is 2.97. The fourth-order valence-corrected chi connectivity index (χ4v) is 2.97. The number of nitrogen functional groups attached to an aromatic ring is 2. The Balaban J connectivity index is 1.68. The van der Waals surface area contributed by atoms with Gasteiger partial charge in [-0.2, -0.15) is 0 Å². The van der Waals surface area contributed by atoms with Crippen LogP contribution in [-0.2, 0) is 19.4 Å². The van der Waals surface area contributed by atoms with Gasteiger partial charge in [-0.3, -0.25) is 4.90 Å². The molecule has 104 valence electrons.